The summed E-state index contributed by atoms with van der Waals surface area (Å²) >= 11 is 0. The summed E-state index contributed by atoms with van der Waals surface area (Å²) in [4.78, 5) is 15.3. The van der Waals surface area contributed by atoms with Gasteiger partial charge in [-0.1, -0.05) is 12.1 Å². The first-order chi connectivity index (χ1) is 15.0. The summed E-state index contributed by atoms with van der Waals surface area (Å²) in [6.45, 7) is 0.461. The SMILES string of the molecule is Nc1cc(Oc2ccc3c(c2)C[C@@H](NC[C@H](O)c2cccnc2)CC3)cc(C(=O)O)c1. The normalized spacial score (nSPS) is 16.4. The number of carboxylic acids is 1. The molecule has 0 unspecified atom stereocenters. The maximum absolute atomic E-state index is 11.2. The first-order valence-electron chi connectivity index (χ1n) is 10.2. The number of rotatable bonds is 7. The van der Waals surface area contributed by atoms with E-state index in [-0.39, 0.29) is 11.6 Å². The number of benzene rings is 2. The lowest BCUT2D eigenvalue weighted by Gasteiger charge is -2.27. The van der Waals surface area contributed by atoms with Gasteiger partial charge in [0.1, 0.15) is 11.5 Å². The summed E-state index contributed by atoms with van der Waals surface area (Å²) in [6.07, 6.45) is 5.52. The first-order valence-corrected chi connectivity index (χ1v) is 10.2. The molecular formula is C24H25N3O4. The van der Waals surface area contributed by atoms with Crippen molar-refractivity contribution in [3.05, 3.63) is 83.2 Å². The Labute approximate surface area is 180 Å². The fourth-order valence-corrected chi connectivity index (χ4v) is 3.88. The van der Waals surface area contributed by atoms with Gasteiger partial charge in [0.25, 0.3) is 0 Å². The van der Waals surface area contributed by atoms with Gasteiger partial charge in [-0.05, 0) is 60.7 Å². The molecule has 1 aliphatic rings. The van der Waals surface area contributed by atoms with E-state index in [4.69, 9.17) is 10.5 Å². The third-order valence-electron chi connectivity index (χ3n) is 5.49. The van der Waals surface area contributed by atoms with E-state index >= 15 is 0 Å². The highest BCUT2D eigenvalue weighted by atomic mass is 16.5. The average molecular weight is 419 g/mol. The number of carboxylic acid groups (broad SMARTS) is 1. The molecular weight excluding hydrogens is 394 g/mol. The summed E-state index contributed by atoms with van der Waals surface area (Å²) in [7, 11) is 0. The Balaban J connectivity index is 1.42. The van der Waals surface area contributed by atoms with Gasteiger partial charge in [0.2, 0.25) is 0 Å². The van der Waals surface area contributed by atoms with E-state index in [2.05, 4.69) is 16.4 Å². The summed E-state index contributed by atoms with van der Waals surface area (Å²) < 4.78 is 5.90. The van der Waals surface area contributed by atoms with Gasteiger partial charge in [0, 0.05) is 42.3 Å². The lowest BCUT2D eigenvalue weighted by molar-refractivity contribution is 0.0696. The number of aromatic nitrogens is 1. The molecule has 1 aliphatic carbocycles. The van der Waals surface area contributed by atoms with Crippen LogP contribution in [-0.4, -0.2) is 33.8 Å². The molecule has 7 nitrogen and oxygen atoms in total. The van der Waals surface area contributed by atoms with E-state index in [1.54, 1.807) is 18.5 Å². The van der Waals surface area contributed by atoms with Crippen molar-refractivity contribution in [3.63, 3.8) is 0 Å². The van der Waals surface area contributed by atoms with Crippen LogP contribution in [0.3, 0.4) is 0 Å². The van der Waals surface area contributed by atoms with Crippen molar-refractivity contribution in [2.75, 3.05) is 12.3 Å². The van der Waals surface area contributed by atoms with Crippen LogP contribution in [-0.2, 0) is 12.8 Å². The number of aromatic carboxylic acids is 1. The van der Waals surface area contributed by atoms with Gasteiger partial charge in [0.05, 0.1) is 11.7 Å². The monoisotopic (exact) mass is 419 g/mol. The van der Waals surface area contributed by atoms with Crippen molar-refractivity contribution in [1.82, 2.24) is 10.3 Å². The van der Waals surface area contributed by atoms with Crippen LogP contribution in [0.25, 0.3) is 0 Å². The van der Waals surface area contributed by atoms with Crippen molar-refractivity contribution in [2.24, 2.45) is 0 Å². The summed E-state index contributed by atoms with van der Waals surface area (Å²) in [5, 5.41) is 23.0. The van der Waals surface area contributed by atoms with Crippen LogP contribution >= 0.6 is 0 Å². The zero-order valence-corrected chi connectivity index (χ0v) is 17.0. The van der Waals surface area contributed by atoms with E-state index < -0.39 is 12.1 Å². The number of nitrogens with one attached hydrogen (secondary N) is 1. The second-order valence-electron chi connectivity index (χ2n) is 7.78. The Hall–Kier alpha value is -3.42. The van der Waals surface area contributed by atoms with E-state index in [9.17, 15) is 15.0 Å². The third kappa shape index (κ3) is 5.20. The Morgan fingerprint density at radius 1 is 1.19 bits per heavy atom. The number of aliphatic hydroxyl groups excluding tert-OH is 1. The van der Waals surface area contributed by atoms with Gasteiger partial charge >= 0.3 is 5.97 Å². The van der Waals surface area contributed by atoms with Crippen molar-refractivity contribution in [3.8, 4) is 11.5 Å². The highest BCUT2D eigenvalue weighted by Crippen LogP contribution is 2.30. The molecule has 0 saturated heterocycles. The van der Waals surface area contributed by atoms with E-state index in [1.807, 2.05) is 24.3 Å². The third-order valence-corrected chi connectivity index (χ3v) is 5.49. The van der Waals surface area contributed by atoms with Gasteiger partial charge in [0.15, 0.2) is 0 Å². The molecule has 1 heterocycles. The molecule has 0 spiro atoms. The molecule has 5 N–H and O–H groups in total. The zero-order valence-electron chi connectivity index (χ0n) is 17.0. The second kappa shape index (κ2) is 9.16. The van der Waals surface area contributed by atoms with Crippen LogP contribution in [0.5, 0.6) is 11.5 Å². The Morgan fingerprint density at radius 3 is 2.84 bits per heavy atom. The molecule has 0 aliphatic heterocycles. The number of carbonyl (C=O) groups is 1. The number of ether oxygens (including phenoxy) is 1. The van der Waals surface area contributed by atoms with Crippen LogP contribution in [0.4, 0.5) is 5.69 Å². The first kappa shape index (κ1) is 20.8. The van der Waals surface area contributed by atoms with Crippen LogP contribution in [0, 0.1) is 0 Å². The molecule has 7 heteroatoms. The molecule has 0 fully saturated rings. The van der Waals surface area contributed by atoms with Gasteiger partial charge in [-0.15, -0.1) is 0 Å². The standard InChI is InChI=1S/C24H25N3O4/c25-19-8-18(24(29)30)11-22(12-19)31-21-6-4-15-3-5-20(9-17(15)10-21)27-14-23(28)16-2-1-7-26-13-16/h1-2,4,6-8,10-13,20,23,27-28H,3,5,9,14,25H2,(H,29,30)/t20-,23-/m0/s1. The predicted molar refractivity (Wildman–Crippen MR) is 117 cm³/mol. The summed E-state index contributed by atoms with van der Waals surface area (Å²) in [5.41, 5.74) is 9.48. The number of anilines is 1. The molecule has 1 aromatic heterocycles. The Kier molecular flexibility index (Phi) is 6.16. The maximum atomic E-state index is 11.2. The smallest absolute Gasteiger partial charge is 0.335 e. The molecule has 31 heavy (non-hydrogen) atoms. The highest BCUT2D eigenvalue weighted by Gasteiger charge is 2.20. The minimum absolute atomic E-state index is 0.0874. The molecule has 0 saturated carbocycles. The Bertz CT molecular complexity index is 1070. The van der Waals surface area contributed by atoms with Gasteiger partial charge < -0.3 is 26.0 Å². The molecule has 3 aromatic rings. The lowest BCUT2D eigenvalue weighted by Crippen LogP contribution is -2.37. The van der Waals surface area contributed by atoms with Crippen molar-refractivity contribution >= 4 is 11.7 Å². The number of nitrogens with two attached hydrogens (primary N) is 1. The number of aryl methyl sites for hydroxylation is 1. The topological polar surface area (TPSA) is 118 Å². The summed E-state index contributed by atoms with van der Waals surface area (Å²) in [6, 6.07) is 14.3. The number of hydrogen-bond acceptors (Lipinski definition) is 6. The second-order valence-corrected chi connectivity index (χ2v) is 7.78. The largest absolute Gasteiger partial charge is 0.478 e. The van der Waals surface area contributed by atoms with Crippen LogP contribution in [0.2, 0.25) is 0 Å². The number of aliphatic hydroxyl groups is 1. The highest BCUT2D eigenvalue weighted by molar-refractivity contribution is 5.89. The van der Waals surface area contributed by atoms with Crippen LogP contribution < -0.4 is 15.8 Å². The molecule has 2 atom stereocenters. The summed E-state index contributed by atoms with van der Waals surface area (Å²) in [5.74, 6) is -0.0239. The zero-order chi connectivity index (χ0) is 21.8. The van der Waals surface area contributed by atoms with Crippen LogP contribution in [0.15, 0.2) is 60.9 Å². The molecule has 4 rings (SSSR count). The minimum atomic E-state index is -1.05. The maximum Gasteiger partial charge on any atom is 0.335 e. The van der Waals surface area contributed by atoms with E-state index in [0.29, 0.717) is 23.7 Å². The van der Waals surface area contributed by atoms with Gasteiger partial charge in [-0.25, -0.2) is 4.79 Å². The minimum Gasteiger partial charge on any atom is -0.478 e. The number of hydrogen-bond donors (Lipinski definition) is 4. The lowest BCUT2D eigenvalue weighted by atomic mass is 9.88. The number of pyridine rings is 1. The van der Waals surface area contributed by atoms with E-state index in [0.717, 1.165) is 24.8 Å². The molecule has 160 valence electrons. The van der Waals surface area contributed by atoms with Crippen molar-refractivity contribution in [2.45, 2.75) is 31.4 Å². The number of nitrogen functional groups attached to an aromatic ring is 1. The molecule has 2 aromatic carbocycles. The Morgan fingerprint density at radius 2 is 2.06 bits per heavy atom. The fraction of sp³-hybridized carbons (Fsp3) is 0.250. The predicted octanol–water partition coefficient (Wildman–Crippen LogP) is 3.33. The molecule has 0 bridgehead atoms. The fourth-order valence-electron chi connectivity index (χ4n) is 3.88. The number of fused-ring (bicyclic) bond motifs is 1. The van der Waals surface area contributed by atoms with E-state index in [1.165, 1.54) is 23.3 Å². The van der Waals surface area contributed by atoms with Crippen LogP contribution in [0.1, 0.15) is 39.6 Å². The van der Waals surface area contributed by atoms with Crippen molar-refractivity contribution < 1.29 is 19.7 Å². The molecule has 0 radical (unpaired) electrons. The molecule has 0 amide bonds. The number of nitrogens with zero attached hydrogens (tertiary/aromatic N) is 1. The van der Waals surface area contributed by atoms with Gasteiger partial charge in [-0.3, -0.25) is 4.98 Å². The van der Waals surface area contributed by atoms with Gasteiger partial charge in [-0.2, -0.15) is 0 Å². The average Bonchev–Trinajstić information content (AvgIpc) is 2.77. The quantitative estimate of drug-likeness (QED) is 0.434. The van der Waals surface area contributed by atoms with Crippen molar-refractivity contribution in [1.29, 1.82) is 0 Å².